The number of halogens is 1. The summed E-state index contributed by atoms with van der Waals surface area (Å²) >= 11 is 6.49. The molecule has 1 aromatic heterocycles. The summed E-state index contributed by atoms with van der Waals surface area (Å²) in [6.45, 7) is 7.34. The highest BCUT2D eigenvalue weighted by Crippen LogP contribution is 2.29. The summed E-state index contributed by atoms with van der Waals surface area (Å²) in [5.41, 5.74) is 4.32. The summed E-state index contributed by atoms with van der Waals surface area (Å²) in [5.74, 6) is 0.779. The van der Waals surface area contributed by atoms with Crippen LogP contribution in [0.2, 0.25) is 5.02 Å². The third kappa shape index (κ3) is 5.02. The summed E-state index contributed by atoms with van der Waals surface area (Å²) in [6.07, 6.45) is 7.72. The molecule has 6 heteroatoms. The molecule has 0 saturated carbocycles. The number of rotatable bonds is 6. The van der Waals surface area contributed by atoms with Gasteiger partial charge in [-0.2, -0.15) is 0 Å². The molecule has 3 heterocycles. The normalized spacial score (nSPS) is 17.3. The predicted molar refractivity (Wildman–Crippen MR) is 124 cm³/mol. The number of nitrogens with zero attached hydrogens (tertiary/aromatic N) is 3. The fourth-order valence-corrected chi connectivity index (χ4v) is 4.32. The van der Waals surface area contributed by atoms with Crippen molar-refractivity contribution in [2.75, 3.05) is 42.9 Å². The minimum Gasteiger partial charge on any atom is -0.368 e. The number of amides is 1. The van der Waals surface area contributed by atoms with Crippen LogP contribution in [0.5, 0.6) is 0 Å². The number of piperazine rings is 1. The molecule has 1 saturated heterocycles. The lowest BCUT2D eigenvalue weighted by Gasteiger charge is -2.36. The van der Waals surface area contributed by atoms with Crippen molar-refractivity contribution >= 4 is 35.1 Å². The van der Waals surface area contributed by atoms with Crippen LogP contribution in [0.3, 0.4) is 0 Å². The quantitative estimate of drug-likeness (QED) is 0.691. The molecule has 158 valence electrons. The van der Waals surface area contributed by atoms with Crippen molar-refractivity contribution in [1.29, 1.82) is 0 Å². The molecule has 5 nitrogen and oxygen atoms in total. The SMILES string of the molecule is Cc1cccc(N2CCN(CCCC=Cc3ccc4c(n3)NC(=O)CC4)CC2)c1Cl. The second-order valence-electron chi connectivity index (χ2n) is 8.07. The fourth-order valence-electron chi connectivity index (χ4n) is 4.07. The number of hydrogen-bond donors (Lipinski definition) is 1. The summed E-state index contributed by atoms with van der Waals surface area (Å²) in [5, 5.41) is 3.74. The average molecular weight is 425 g/mol. The maximum absolute atomic E-state index is 11.5. The van der Waals surface area contributed by atoms with E-state index in [0.717, 1.165) is 85.3 Å². The molecular weight excluding hydrogens is 396 g/mol. The van der Waals surface area contributed by atoms with E-state index in [0.29, 0.717) is 6.42 Å². The maximum Gasteiger partial charge on any atom is 0.225 e. The summed E-state index contributed by atoms with van der Waals surface area (Å²) < 4.78 is 0. The van der Waals surface area contributed by atoms with E-state index in [1.54, 1.807) is 0 Å². The van der Waals surface area contributed by atoms with Crippen molar-refractivity contribution in [1.82, 2.24) is 9.88 Å². The Morgan fingerprint density at radius 1 is 1.13 bits per heavy atom. The monoisotopic (exact) mass is 424 g/mol. The largest absolute Gasteiger partial charge is 0.368 e. The molecular formula is C24H29ClN4O. The van der Waals surface area contributed by atoms with E-state index in [9.17, 15) is 4.79 Å². The first-order chi connectivity index (χ1) is 14.6. The first-order valence-corrected chi connectivity index (χ1v) is 11.2. The van der Waals surface area contributed by atoms with Gasteiger partial charge in [0.25, 0.3) is 0 Å². The molecule has 2 aliphatic rings. The van der Waals surface area contributed by atoms with Gasteiger partial charge in [-0.05, 0) is 62.1 Å². The fraction of sp³-hybridized carbons (Fsp3) is 0.417. The molecule has 0 aliphatic carbocycles. The molecule has 0 atom stereocenters. The Kier molecular flexibility index (Phi) is 6.70. The van der Waals surface area contributed by atoms with E-state index in [4.69, 9.17) is 11.6 Å². The zero-order valence-electron chi connectivity index (χ0n) is 17.5. The third-order valence-corrected chi connectivity index (χ3v) is 6.39. The third-order valence-electron chi connectivity index (χ3n) is 5.90. The maximum atomic E-state index is 11.5. The number of pyridine rings is 1. The Morgan fingerprint density at radius 2 is 1.97 bits per heavy atom. The van der Waals surface area contributed by atoms with Gasteiger partial charge in [0.05, 0.1) is 16.4 Å². The van der Waals surface area contributed by atoms with Gasteiger partial charge in [0.2, 0.25) is 5.91 Å². The number of fused-ring (bicyclic) bond motifs is 1. The number of anilines is 2. The van der Waals surface area contributed by atoms with E-state index in [-0.39, 0.29) is 5.91 Å². The molecule has 1 N–H and O–H groups in total. The van der Waals surface area contributed by atoms with Gasteiger partial charge in [0, 0.05) is 32.6 Å². The van der Waals surface area contributed by atoms with Crippen molar-refractivity contribution in [3.63, 3.8) is 0 Å². The van der Waals surface area contributed by atoms with Gasteiger partial charge < -0.3 is 10.2 Å². The average Bonchev–Trinajstić information content (AvgIpc) is 2.76. The van der Waals surface area contributed by atoms with Crippen molar-refractivity contribution < 1.29 is 4.79 Å². The molecule has 0 spiro atoms. The Hall–Kier alpha value is -2.37. The van der Waals surface area contributed by atoms with Gasteiger partial charge in [0.1, 0.15) is 5.82 Å². The second kappa shape index (κ2) is 9.63. The van der Waals surface area contributed by atoms with Crippen LogP contribution in [0, 0.1) is 6.92 Å². The first-order valence-electron chi connectivity index (χ1n) is 10.8. The molecule has 30 heavy (non-hydrogen) atoms. The zero-order chi connectivity index (χ0) is 20.9. The van der Waals surface area contributed by atoms with E-state index < -0.39 is 0 Å². The topological polar surface area (TPSA) is 48.5 Å². The van der Waals surface area contributed by atoms with Gasteiger partial charge in [-0.3, -0.25) is 9.69 Å². The lowest BCUT2D eigenvalue weighted by molar-refractivity contribution is -0.116. The van der Waals surface area contributed by atoms with Crippen LogP contribution in [0.4, 0.5) is 11.5 Å². The van der Waals surface area contributed by atoms with E-state index in [1.165, 1.54) is 0 Å². The van der Waals surface area contributed by atoms with Crippen LogP contribution in [-0.2, 0) is 11.2 Å². The van der Waals surface area contributed by atoms with Crippen LogP contribution in [0.1, 0.15) is 36.1 Å². The van der Waals surface area contributed by atoms with E-state index in [1.807, 2.05) is 6.07 Å². The number of benzene rings is 1. The van der Waals surface area contributed by atoms with E-state index >= 15 is 0 Å². The molecule has 1 aromatic carbocycles. The number of nitrogens with one attached hydrogen (secondary N) is 1. The minimum absolute atomic E-state index is 0.0564. The van der Waals surface area contributed by atoms with Gasteiger partial charge >= 0.3 is 0 Å². The van der Waals surface area contributed by atoms with Gasteiger partial charge in [0.15, 0.2) is 0 Å². The molecule has 2 aromatic rings. The molecule has 4 rings (SSSR count). The van der Waals surface area contributed by atoms with Crippen LogP contribution in [-0.4, -0.2) is 48.5 Å². The number of unbranched alkanes of at least 4 members (excludes halogenated alkanes) is 1. The molecule has 1 amide bonds. The second-order valence-corrected chi connectivity index (χ2v) is 8.45. The van der Waals surface area contributed by atoms with Crippen molar-refractivity contribution in [2.24, 2.45) is 0 Å². The number of aromatic nitrogens is 1. The van der Waals surface area contributed by atoms with Crippen molar-refractivity contribution in [3.05, 3.63) is 58.3 Å². The molecule has 0 radical (unpaired) electrons. The highest BCUT2D eigenvalue weighted by Gasteiger charge is 2.19. The number of carbonyl (C=O) groups excluding carboxylic acids is 1. The van der Waals surface area contributed by atoms with Gasteiger partial charge in [-0.15, -0.1) is 0 Å². The highest BCUT2D eigenvalue weighted by molar-refractivity contribution is 6.34. The number of carbonyl (C=O) groups is 1. The van der Waals surface area contributed by atoms with Crippen molar-refractivity contribution in [2.45, 2.75) is 32.6 Å². The Bertz CT molecular complexity index is 935. The lowest BCUT2D eigenvalue weighted by Crippen LogP contribution is -2.46. The number of allylic oxidation sites excluding steroid dienone is 1. The summed E-state index contributed by atoms with van der Waals surface area (Å²) in [6, 6.07) is 10.4. The standard InChI is InChI=1S/C24H29ClN4O/c1-18-6-5-8-21(23(18)25)29-16-14-28(15-17-29)13-4-2-3-7-20-11-9-19-10-12-22(30)27-24(19)26-20/h3,5-9,11H,2,4,10,12-17H2,1H3,(H,26,27,30). The Balaban J connectivity index is 1.20. The van der Waals surface area contributed by atoms with Gasteiger partial charge in [-0.25, -0.2) is 4.98 Å². The first kappa shape index (κ1) is 20.9. The molecule has 0 bridgehead atoms. The highest BCUT2D eigenvalue weighted by atomic mass is 35.5. The Morgan fingerprint density at radius 3 is 2.80 bits per heavy atom. The number of aryl methyl sites for hydroxylation is 2. The van der Waals surface area contributed by atoms with Crippen LogP contribution >= 0.6 is 11.6 Å². The van der Waals surface area contributed by atoms with Crippen LogP contribution < -0.4 is 10.2 Å². The molecule has 2 aliphatic heterocycles. The number of hydrogen-bond acceptors (Lipinski definition) is 4. The van der Waals surface area contributed by atoms with Crippen molar-refractivity contribution in [3.8, 4) is 0 Å². The summed E-state index contributed by atoms with van der Waals surface area (Å²) in [7, 11) is 0. The Labute approximate surface area is 183 Å². The lowest BCUT2D eigenvalue weighted by atomic mass is 10.1. The molecule has 1 fully saturated rings. The summed E-state index contributed by atoms with van der Waals surface area (Å²) in [4.78, 5) is 21.0. The molecule has 0 unspecified atom stereocenters. The minimum atomic E-state index is 0.0564. The zero-order valence-corrected chi connectivity index (χ0v) is 18.3. The predicted octanol–water partition coefficient (Wildman–Crippen LogP) is 4.54. The van der Waals surface area contributed by atoms with Crippen LogP contribution in [0.25, 0.3) is 6.08 Å². The van der Waals surface area contributed by atoms with Crippen LogP contribution in [0.15, 0.2) is 36.4 Å². The smallest absolute Gasteiger partial charge is 0.225 e. The van der Waals surface area contributed by atoms with E-state index in [2.05, 4.69) is 63.4 Å². The van der Waals surface area contributed by atoms with Gasteiger partial charge in [-0.1, -0.05) is 35.9 Å².